The molecule has 8 nitrogen and oxygen atoms in total. The van der Waals surface area contributed by atoms with E-state index < -0.39 is 34.4 Å². The van der Waals surface area contributed by atoms with Crippen molar-refractivity contribution in [3.8, 4) is 0 Å². The summed E-state index contributed by atoms with van der Waals surface area (Å²) in [5, 5.41) is 5.04. The molecule has 2 amide bonds. The topological polar surface area (TPSA) is 119 Å². The van der Waals surface area contributed by atoms with Crippen LogP contribution in [0.5, 0.6) is 0 Å². The molecule has 144 valence electrons. The summed E-state index contributed by atoms with van der Waals surface area (Å²) in [6.45, 7) is 4.75. The van der Waals surface area contributed by atoms with Crippen molar-refractivity contribution in [1.29, 1.82) is 0 Å². The number of amides is 2. The first kappa shape index (κ1) is 21.6. The normalized spacial score (nSPS) is 12.1. The molecule has 2 N–H and O–H groups in total. The Morgan fingerprint density at radius 3 is 2.42 bits per heavy atom. The Labute approximate surface area is 153 Å². The highest BCUT2D eigenvalue weighted by Crippen LogP contribution is 2.17. The number of ether oxygens (including phenoxy) is 1. The number of hydrogen-bond acceptors (Lipinski definition) is 6. The molecule has 9 heteroatoms. The van der Waals surface area contributed by atoms with Crippen LogP contribution >= 0.6 is 0 Å². The summed E-state index contributed by atoms with van der Waals surface area (Å²) in [7, 11) is -3.61. The van der Waals surface area contributed by atoms with Crippen molar-refractivity contribution in [2.75, 3.05) is 18.9 Å². The van der Waals surface area contributed by atoms with Gasteiger partial charge in [-0.1, -0.05) is 26.0 Å². The lowest BCUT2D eigenvalue weighted by molar-refractivity contribution is -0.130. The van der Waals surface area contributed by atoms with Gasteiger partial charge in [-0.15, -0.1) is 0 Å². The minimum atomic E-state index is -3.61. The van der Waals surface area contributed by atoms with E-state index in [-0.39, 0.29) is 22.1 Å². The van der Waals surface area contributed by atoms with Crippen LogP contribution in [0, 0.1) is 0 Å². The predicted octanol–water partition coefficient (Wildman–Crippen LogP) is 0.668. The molecule has 0 radical (unpaired) electrons. The molecule has 0 spiro atoms. The first-order chi connectivity index (χ1) is 12.2. The molecule has 0 heterocycles. The zero-order valence-electron chi connectivity index (χ0n) is 15.1. The van der Waals surface area contributed by atoms with E-state index in [9.17, 15) is 22.8 Å². The van der Waals surface area contributed by atoms with Gasteiger partial charge in [0.05, 0.1) is 16.2 Å². The number of sulfone groups is 1. The Morgan fingerprint density at radius 2 is 1.81 bits per heavy atom. The van der Waals surface area contributed by atoms with Gasteiger partial charge in [0, 0.05) is 6.54 Å². The van der Waals surface area contributed by atoms with Crippen molar-refractivity contribution in [1.82, 2.24) is 10.6 Å². The molecular weight excluding hydrogens is 360 g/mol. The largest absolute Gasteiger partial charge is 0.452 e. The highest BCUT2D eigenvalue weighted by Gasteiger charge is 2.22. The van der Waals surface area contributed by atoms with Crippen LogP contribution in [-0.4, -0.2) is 51.1 Å². The van der Waals surface area contributed by atoms with Gasteiger partial charge in [0.25, 0.3) is 5.91 Å². The van der Waals surface area contributed by atoms with E-state index in [4.69, 9.17) is 4.74 Å². The number of benzene rings is 1. The van der Waals surface area contributed by atoms with Crippen molar-refractivity contribution < 1.29 is 27.5 Å². The lowest BCUT2D eigenvalue weighted by atomic mass is 10.2. The molecule has 0 unspecified atom stereocenters. The molecule has 0 aromatic heterocycles. The Hall–Kier alpha value is -2.42. The Morgan fingerprint density at radius 1 is 1.15 bits per heavy atom. The monoisotopic (exact) mass is 384 g/mol. The summed E-state index contributed by atoms with van der Waals surface area (Å²) in [4.78, 5) is 35.5. The summed E-state index contributed by atoms with van der Waals surface area (Å²) in [5.41, 5.74) is -0.129. The summed E-state index contributed by atoms with van der Waals surface area (Å²) in [6, 6.07) is 4.87. The summed E-state index contributed by atoms with van der Waals surface area (Å²) < 4.78 is 29.0. The molecule has 0 aliphatic rings. The van der Waals surface area contributed by atoms with Gasteiger partial charge < -0.3 is 15.4 Å². The number of hydrogen-bond donors (Lipinski definition) is 2. The van der Waals surface area contributed by atoms with Crippen LogP contribution in [0.25, 0.3) is 0 Å². The van der Waals surface area contributed by atoms with Gasteiger partial charge in [0.1, 0.15) is 6.04 Å². The van der Waals surface area contributed by atoms with Crippen LogP contribution in [0.1, 0.15) is 37.6 Å². The van der Waals surface area contributed by atoms with E-state index in [0.29, 0.717) is 6.54 Å². The Kier molecular flexibility index (Phi) is 8.24. The van der Waals surface area contributed by atoms with Gasteiger partial charge in [-0.25, -0.2) is 13.2 Å². The highest BCUT2D eigenvalue weighted by molar-refractivity contribution is 7.91. The molecule has 1 aromatic carbocycles. The van der Waals surface area contributed by atoms with Gasteiger partial charge >= 0.3 is 5.97 Å². The maximum atomic E-state index is 12.1. The molecule has 0 saturated carbocycles. The predicted molar refractivity (Wildman–Crippen MR) is 95.4 cm³/mol. The van der Waals surface area contributed by atoms with Crippen molar-refractivity contribution in [3.05, 3.63) is 29.8 Å². The number of carbonyl (C=O) groups is 3. The van der Waals surface area contributed by atoms with Gasteiger partial charge in [-0.3, -0.25) is 9.59 Å². The van der Waals surface area contributed by atoms with Crippen molar-refractivity contribution in [2.24, 2.45) is 0 Å². The number of rotatable bonds is 9. The van der Waals surface area contributed by atoms with Crippen LogP contribution < -0.4 is 10.6 Å². The van der Waals surface area contributed by atoms with E-state index >= 15 is 0 Å². The quantitative estimate of drug-likeness (QED) is 0.604. The zero-order valence-corrected chi connectivity index (χ0v) is 15.9. The average Bonchev–Trinajstić information content (AvgIpc) is 2.63. The van der Waals surface area contributed by atoms with Crippen LogP contribution in [0.4, 0.5) is 0 Å². The van der Waals surface area contributed by atoms with Crippen molar-refractivity contribution in [3.63, 3.8) is 0 Å². The zero-order chi connectivity index (χ0) is 19.7. The number of esters is 1. The van der Waals surface area contributed by atoms with Crippen LogP contribution in [0.15, 0.2) is 29.2 Å². The van der Waals surface area contributed by atoms with Gasteiger partial charge in [-0.2, -0.15) is 0 Å². The lowest BCUT2D eigenvalue weighted by Crippen LogP contribution is -2.46. The van der Waals surface area contributed by atoms with Gasteiger partial charge in [-0.05, 0) is 25.5 Å². The molecule has 1 aromatic rings. The Balaban J connectivity index is 2.68. The SMILES string of the molecule is CCCNC(=O)[C@H](C)NC(=O)COC(=O)c1ccccc1S(=O)(=O)CC. The summed E-state index contributed by atoms with van der Waals surface area (Å²) in [6.07, 6.45) is 0.768. The second-order valence-electron chi connectivity index (χ2n) is 5.56. The number of carbonyl (C=O) groups excluding carboxylic acids is 3. The van der Waals surface area contributed by atoms with Crippen molar-refractivity contribution >= 4 is 27.6 Å². The fraction of sp³-hybridized carbons (Fsp3) is 0.471. The summed E-state index contributed by atoms with van der Waals surface area (Å²) >= 11 is 0. The van der Waals surface area contributed by atoms with Gasteiger partial charge in [0.15, 0.2) is 16.4 Å². The molecule has 0 fully saturated rings. The van der Waals surface area contributed by atoms with Crippen LogP contribution in [-0.2, 0) is 24.2 Å². The molecule has 1 atom stereocenters. The minimum Gasteiger partial charge on any atom is -0.452 e. The van der Waals surface area contributed by atoms with Crippen LogP contribution in [0.2, 0.25) is 0 Å². The first-order valence-electron chi connectivity index (χ1n) is 8.28. The highest BCUT2D eigenvalue weighted by atomic mass is 32.2. The maximum absolute atomic E-state index is 12.1. The van der Waals surface area contributed by atoms with E-state index in [2.05, 4.69) is 10.6 Å². The average molecular weight is 384 g/mol. The third kappa shape index (κ3) is 6.14. The molecule has 0 aliphatic carbocycles. The molecule has 0 aliphatic heterocycles. The van der Waals surface area contributed by atoms with Gasteiger partial charge in [0.2, 0.25) is 5.91 Å². The fourth-order valence-electron chi connectivity index (χ4n) is 2.02. The Bertz CT molecular complexity index is 760. The van der Waals surface area contributed by atoms with Crippen molar-refractivity contribution in [2.45, 2.75) is 38.1 Å². The maximum Gasteiger partial charge on any atom is 0.339 e. The van der Waals surface area contributed by atoms with E-state index in [1.165, 1.54) is 38.1 Å². The van der Waals surface area contributed by atoms with Crippen LogP contribution in [0.3, 0.4) is 0 Å². The third-order valence-corrected chi connectivity index (χ3v) is 5.26. The smallest absolute Gasteiger partial charge is 0.339 e. The lowest BCUT2D eigenvalue weighted by Gasteiger charge is -2.14. The molecule has 1 rings (SSSR count). The molecular formula is C17H24N2O6S. The fourth-order valence-corrected chi connectivity index (χ4v) is 3.10. The molecule has 26 heavy (non-hydrogen) atoms. The minimum absolute atomic E-state index is 0.129. The second-order valence-corrected chi connectivity index (χ2v) is 7.80. The number of nitrogens with one attached hydrogen (secondary N) is 2. The molecule has 0 saturated heterocycles. The summed E-state index contributed by atoms with van der Waals surface area (Å²) in [5.74, 6) is -2.09. The third-order valence-electron chi connectivity index (χ3n) is 3.48. The molecule has 0 bridgehead atoms. The first-order valence-corrected chi connectivity index (χ1v) is 9.94. The standard InChI is InChI=1S/C17H24N2O6S/c1-4-10-18-16(21)12(3)19-15(20)11-25-17(22)13-8-6-7-9-14(13)26(23,24)5-2/h6-9,12H,4-5,10-11H2,1-3H3,(H,18,21)(H,19,20)/t12-/m0/s1. The second kappa shape index (κ2) is 9.91. The van der Waals surface area contributed by atoms with E-state index in [0.717, 1.165) is 6.42 Å². The van der Waals surface area contributed by atoms with E-state index in [1.54, 1.807) is 0 Å². The van der Waals surface area contributed by atoms with E-state index in [1.807, 2.05) is 6.92 Å².